The number of carbonyl (C=O) groups excluding carboxylic acids is 2. The summed E-state index contributed by atoms with van der Waals surface area (Å²) < 4.78 is 5.11. The van der Waals surface area contributed by atoms with Gasteiger partial charge in [-0.2, -0.15) is 0 Å². The third-order valence-electron chi connectivity index (χ3n) is 4.25. The minimum atomic E-state index is -0.578. The highest BCUT2D eigenvalue weighted by molar-refractivity contribution is 6.34. The number of likely N-dealkylation sites (tertiary alicyclic amines) is 1. The van der Waals surface area contributed by atoms with Crippen molar-refractivity contribution in [3.05, 3.63) is 63.1 Å². The van der Waals surface area contributed by atoms with Crippen LogP contribution in [0.25, 0.3) is 0 Å². The standard InChI is InChI=1S/C17H16ClN3O5/c18-14-4-3-12(21(24)25)10-13(14)16(22)19-11-5-7-20(8-6-11)17(23)15-2-1-9-26-15/h1-4,9-11H,5-8H2,(H,19,22). The van der Waals surface area contributed by atoms with Crippen LogP contribution in [-0.2, 0) is 0 Å². The van der Waals surface area contributed by atoms with Crippen molar-refractivity contribution in [3.8, 4) is 0 Å². The van der Waals surface area contributed by atoms with Gasteiger partial charge in [0.2, 0.25) is 0 Å². The molecule has 8 nitrogen and oxygen atoms in total. The number of halogens is 1. The molecule has 26 heavy (non-hydrogen) atoms. The Hall–Kier alpha value is -2.87. The highest BCUT2D eigenvalue weighted by Gasteiger charge is 2.26. The van der Waals surface area contributed by atoms with Crippen LogP contribution in [0.3, 0.4) is 0 Å². The van der Waals surface area contributed by atoms with Crippen molar-refractivity contribution >= 4 is 29.1 Å². The molecule has 0 unspecified atom stereocenters. The molecule has 0 radical (unpaired) electrons. The average molecular weight is 378 g/mol. The number of nitrogens with one attached hydrogen (secondary N) is 1. The average Bonchev–Trinajstić information content (AvgIpc) is 3.16. The van der Waals surface area contributed by atoms with Crippen molar-refractivity contribution in [2.45, 2.75) is 18.9 Å². The Kier molecular flexibility index (Phi) is 5.22. The monoisotopic (exact) mass is 377 g/mol. The Bertz CT molecular complexity index is 829. The molecule has 0 atom stereocenters. The zero-order valence-electron chi connectivity index (χ0n) is 13.7. The Labute approximate surface area is 153 Å². The summed E-state index contributed by atoms with van der Waals surface area (Å²) in [5.41, 5.74) is -0.131. The fourth-order valence-corrected chi connectivity index (χ4v) is 3.05. The molecule has 1 aliphatic rings. The first kappa shape index (κ1) is 17.9. The van der Waals surface area contributed by atoms with Crippen LogP contribution in [0.2, 0.25) is 5.02 Å². The van der Waals surface area contributed by atoms with E-state index in [-0.39, 0.29) is 34.0 Å². The molecular weight excluding hydrogens is 362 g/mol. The van der Waals surface area contributed by atoms with E-state index in [1.54, 1.807) is 17.0 Å². The first-order valence-electron chi connectivity index (χ1n) is 8.03. The molecule has 1 fully saturated rings. The van der Waals surface area contributed by atoms with Gasteiger partial charge < -0.3 is 14.6 Å². The number of nitrogens with zero attached hydrogens (tertiary/aromatic N) is 2. The predicted octanol–water partition coefficient (Wildman–Crippen LogP) is 2.88. The molecule has 0 aliphatic carbocycles. The molecule has 1 N–H and O–H groups in total. The summed E-state index contributed by atoms with van der Waals surface area (Å²) in [6, 6.07) is 6.87. The summed E-state index contributed by atoms with van der Waals surface area (Å²) in [5, 5.41) is 13.8. The molecule has 1 aromatic carbocycles. The van der Waals surface area contributed by atoms with Crippen LogP contribution in [-0.4, -0.2) is 40.8 Å². The molecule has 3 rings (SSSR count). The van der Waals surface area contributed by atoms with Crippen LogP contribution in [0.4, 0.5) is 5.69 Å². The smallest absolute Gasteiger partial charge is 0.289 e. The van der Waals surface area contributed by atoms with Crippen molar-refractivity contribution in [3.63, 3.8) is 0 Å². The van der Waals surface area contributed by atoms with Crippen LogP contribution in [0.1, 0.15) is 33.8 Å². The maximum Gasteiger partial charge on any atom is 0.289 e. The second-order valence-electron chi connectivity index (χ2n) is 5.94. The number of non-ortho nitro benzene ring substituents is 1. The number of amides is 2. The lowest BCUT2D eigenvalue weighted by atomic mass is 10.0. The Morgan fingerprint density at radius 1 is 1.27 bits per heavy atom. The van der Waals surface area contributed by atoms with E-state index in [4.69, 9.17) is 16.0 Å². The van der Waals surface area contributed by atoms with E-state index in [0.29, 0.717) is 25.9 Å². The summed E-state index contributed by atoms with van der Waals surface area (Å²) in [4.78, 5) is 36.6. The number of carbonyl (C=O) groups is 2. The van der Waals surface area contributed by atoms with Crippen LogP contribution < -0.4 is 5.32 Å². The molecular formula is C17H16ClN3O5. The number of piperidine rings is 1. The summed E-state index contributed by atoms with van der Waals surface area (Å²) in [6.45, 7) is 0.959. The van der Waals surface area contributed by atoms with Crippen molar-refractivity contribution in [1.82, 2.24) is 10.2 Å². The van der Waals surface area contributed by atoms with Crippen LogP contribution >= 0.6 is 11.6 Å². The Balaban J connectivity index is 1.59. The molecule has 1 saturated heterocycles. The van der Waals surface area contributed by atoms with Gasteiger partial charge >= 0.3 is 0 Å². The number of hydrogen-bond donors (Lipinski definition) is 1. The third kappa shape index (κ3) is 3.85. The number of nitro benzene ring substituents is 1. The molecule has 0 saturated carbocycles. The normalized spacial score (nSPS) is 14.9. The van der Waals surface area contributed by atoms with Gasteiger partial charge in [0.05, 0.1) is 21.8 Å². The van der Waals surface area contributed by atoms with Gasteiger partial charge in [-0.1, -0.05) is 11.6 Å². The maximum absolute atomic E-state index is 12.4. The van der Waals surface area contributed by atoms with Gasteiger partial charge in [-0.3, -0.25) is 19.7 Å². The van der Waals surface area contributed by atoms with E-state index in [9.17, 15) is 19.7 Å². The van der Waals surface area contributed by atoms with E-state index in [0.717, 1.165) is 6.07 Å². The van der Waals surface area contributed by atoms with Gasteiger partial charge in [-0.15, -0.1) is 0 Å². The lowest BCUT2D eigenvalue weighted by molar-refractivity contribution is -0.384. The molecule has 0 bridgehead atoms. The Morgan fingerprint density at radius 3 is 2.62 bits per heavy atom. The largest absolute Gasteiger partial charge is 0.459 e. The van der Waals surface area contributed by atoms with Gasteiger partial charge in [0.15, 0.2) is 5.76 Å². The summed E-state index contributed by atoms with van der Waals surface area (Å²) in [6.07, 6.45) is 2.60. The number of benzene rings is 1. The summed E-state index contributed by atoms with van der Waals surface area (Å²) in [5.74, 6) is -0.355. The van der Waals surface area contributed by atoms with E-state index in [1.807, 2.05) is 0 Å². The van der Waals surface area contributed by atoms with Gasteiger partial charge in [-0.25, -0.2) is 0 Å². The molecule has 0 spiro atoms. The maximum atomic E-state index is 12.4. The first-order valence-corrected chi connectivity index (χ1v) is 8.41. The number of furan rings is 1. The van der Waals surface area contributed by atoms with E-state index in [1.165, 1.54) is 18.4 Å². The molecule has 1 aromatic heterocycles. The summed E-state index contributed by atoms with van der Waals surface area (Å²) >= 11 is 5.99. The van der Waals surface area contributed by atoms with Crippen LogP contribution in [0.15, 0.2) is 41.0 Å². The van der Waals surface area contributed by atoms with E-state index >= 15 is 0 Å². The number of nitro groups is 1. The van der Waals surface area contributed by atoms with Crippen LogP contribution in [0.5, 0.6) is 0 Å². The summed E-state index contributed by atoms with van der Waals surface area (Å²) in [7, 11) is 0. The molecule has 2 heterocycles. The minimum absolute atomic E-state index is 0.0648. The predicted molar refractivity (Wildman–Crippen MR) is 93.2 cm³/mol. The lowest BCUT2D eigenvalue weighted by Gasteiger charge is -2.31. The lowest BCUT2D eigenvalue weighted by Crippen LogP contribution is -2.46. The molecule has 9 heteroatoms. The van der Waals surface area contributed by atoms with E-state index < -0.39 is 10.8 Å². The van der Waals surface area contributed by atoms with E-state index in [2.05, 4.69) is 5.32 Å². The second-order valence-corrected chi connectivity index (χ2v) is 6.35. The van der Waals surface area contributed by atoms with Crippen molar-refractivity contribution in [2.24, 2.45) is 0 Å². The van der Waals surface area contributed by atoms with Crippen molar-refractivity contribution < 1.29 is 18.9 Å². The zero-order chi connectivity index (χ0) is 18.7. The van der Waals surface area contributed by atoms with Crippen molar-refractivity contribution in [1.29, 1.82) is 0 Å². The van der Waals surface area contributed by atoms with Gasteiger partial charge in [0.1, 0.15) is 0 Å². The second kappa shape index (κ2) is 7.57. The minimum Gasteiger partial charge on any atom is -0.459 e. The third-order valence-corrected chi connectivity index (χ3v) is 4.58. The fraction of sp³-hybridized carbons (Fsp3) is 0.294. The van der Waals surface area contributed by atoms with Gasteiger partial charge in [0, 0.05) is 31.3 Å². The highest BCUT2D eigenvalue weighted by atomic mass is 35.5. The van der Waals surface area contributed by atoms with Gasteiger partial charge in [-0.05, 0) is 31.0 Å². The molecule has 2 amide bonds. The topological polar surface area (TPSA) is 106 Å². The Morgan fingerprint density at radius 2 is 2.00 bits per heavy atom. The zero-order valence-corrected chi connectivity index (χ0v) is 14.4. The quantitative estimate of drug-likeness (QED) is 0.651. The van der Waals surface area contributed by atoms with Crippen LogP contribution in [0, 0.1) is 10.1 Å². The first-order chi connectivity index (χ1) is 12.5. The number of rotatable bonds is 4. The van der Waals surface area contributed by atoms with Crippen molar-refractivity contribution in [2.75, 3.05) is 13.1 Å². The molecule has 136 valence electrons. The molecule has 1 aliphatic heterocycles. The highest BCUT2D eigenvalue weighted by Crippen LogP contribution is 2.23. The SMILES string of the molecule is O=C(NC1CCN(C(=O)c2ccco2)CC1)c1cc([N+](=O)[O-])ccc1Cl. The fourth-order valence-electron chi connectivity index (χ4n) is 2.85. The van der Waals surface area contributed by atoms with Gasteiger partial charge in [0.25, 0.3) is 17.5 Å². The molecule has 2 aromatic rings. The number of hydrogen-bond acceptors (Lipinski definition) is 5.